The molecular formula is C11H19ClO4. The maximum absolute atomic E-state index is 11.5. The summed E-state index contributed by atoms with van der Waals surface area (Å²) < 4.78 is 4.92. The Bertz CT molecular complexity index is 230. The number of ether oxygens (including phenoxy) is 1. The van der Waals surface area contributed by atoms with Crippen molar-refractivity contribution >= 4 is 23.5 Å². The number of rotatable bonds is 8. The molecule has 94 valence electrons. The molecule has 0 aliphatic carbocycles. The van der Waals surface area contributed by atoms with E-state index in [4.69, 9.17) is 21.4 Å². The highest BCUT2D eigenvalue weighted by molar-refractivity contribution is 6.18. The number of esters is 1. The lowest BCUT2D eigenvalue weighted by Gasteiger charge is -2.14. The first kappa shape index (κ1) is 15.2. The summed E-state index contributed by atoms with van der Waals surface area (Å²) in [5, 5.41) is 8.71. The van der Waals surface area contributed by atoms with Crippen molar-refractivity contribution in [2.75, 3.05) is 12.5 Å². The average molecular weight is 251 g/mol. The number of hydrogen-bond acceptors (Lipinski definition) is 3. The normalized spacial score (nSPS) is 14.2. The van der Waals surface area contributed by atoms with E-state index in [1.54, 1.807) is 6.92 Å². The van der Waals surface area contributed by atoms with Crippen LogP contribution >= 0.6 is 11.6 Å². The molecule has 0 radical (unpaired) electrons. The molecule has 0 aromatic rings. The average Bonchev–Trinajstić information content (AvgIpc) is 2.26. The molecule has 0 bridgehead atoms. The predicted octanol–water partition coefficient (Wildman–Crippen LogP) is 2.30. The number of carboxylic acid groups (broad SMARTS) is 1. The third-order valence-corrected chi connectivity index (χ3v) is 2.67. The quantitative estimate of drug-likeness (QED) is 0.530. The molecule has 0 aliphatic rings. The van der Waals surface area contributed by atoms with Gasteiger partial charge in [0.15, 0.2) is 0 Å². The number of aliphatic carboxylic acids is 1. The standard InChI is InChI=1S/C11H19ClO4/c1-3-9(11(15)16-7-6-12)5-4-8(2)10(13)14/h8-9H,3-7H2,1-2H3,(H,13,14). The zero-order chi connectivity index (χ0) is 12.6. The van der Waals surface area contributed by atoms with Crippen molar-refractivity contribution in [1.82, 2.24) is 0 Å². The van der Waals surface area contributed by atoms with Gasteiger partial charge in [0.25, 0.3) is 0 Å². The van der Waals surface area contributed by atoms with E-state index in [9.17, 15) is 9.59 Å². The first-order valence-corrected chi connectivity index (χ1v) is 6.01. The van der Waals surface area contributed by atoms with E-state index >= 15 is 0 Å². The van der Waals surface area contributed by atoms with Crippen LogP contribution in [0.3, 0.4) is 0 Å². The van der Waals surface area contributed by atoms with Crippen LogP contribution in [-0.2, 0) is 14.3 Å². The Morgan fingerprint density at radius 3 is 2.44 bits per heavy atom. The molecule has 2 atom stereocenters. The van der Waals surface area contributed by atoms with Crippen LogP contribution in [0.4, 0.5) is 0 Å². The molecule has 0 fully saturated rings. The van der Waals surface area contributed by atoms with Gasteiger partial charge in [-0.05, 0) is 19.3 Å². The van der Waals surface area contributed by atoms with Gasteiger partial charge >= 0.3 is 11.9 Å². The lowest BCUT2D eigenvalue weighted by molar-refractivity contribution is -0.149. The van der Waals surface area contributed by atoms with Gasteiger partial charge in [-0.25, -0.2) is 0 Å². The zero-order valence-electron chi connectivity index (χ0n) is 9.74. The van der Waals surface area contributed by atoms with Crippen molar-refractivity contribution in [2.45, 2.75) is 33.1 Å². The van der Waals surface area contributed by atoms with Gasteiger partial charge in [0.2, 0.25) is 0 Å². The number of carboxylic acids is 1. The molecule has 5 heteroatoms. The first-order valence-electron chi connectivity index (χ1n) is 5.48. The maximum atomic E-state index is 11.5. The van der Waals surface area contributed by atoms with E-state index in [1.807, 2.05) is 6.92 Å². The Labute approximate surface area is 101 Å². The van der Waals surface area contributed by atoms with Crippen molar-refractivity contribution in [3.8, 4) is 0 Å². The largest absolute Gasteiger partial charge is 0.481 e. The Balaban J connectivity index is 3.99. The fourth-order valence-corrected chi connectivity index (χ4v) is 1.40. The van der Waals surface area contributed by atoms with Crippen LogP contribution in [0.5, 0.6) is 0 Å². The molecule has 0 spiro atoms. The maximum Gasteiger partial charge on any atom is 0.308 e. The van der Waals surface area contributed by atoms with Gasteiger partial charge in [0.1, 0.15) is 6.61 Å². The van der Waals surface area contributed by atoms with Crippen LogP contribution < -0.4 is 0 Å². The van der Waals surface area contributed by atoms with Gasteiger partial charge in [0.05, 0.1) is 17.7 Å². The molecule has 0 amide bonds. The fourth-order valence-electron chi connectivity index (χ4n) is 1.32. The summed E-state index contributed by atoms with van der Waals surface area (Å²) in [4.78, 5) is 22.1. The molecule has 16 heavy (non-hydrogen) atoms. The Morgan fingerprint density at radius 1 is 1.38 bits per heavy atom. The van der Waals surface area contributed by atoms with Crippen LogP contribution in [0, 0.1) is 11.8 Å². The number of alkyl halides is 1. The van der Waals surface area contributed by atoms with Gasteiger partial charge in [-0.1, -0.05) is 13.8 Å². The van der Waals surface area contributed by atoms with Crippen LogP contribution in [0.1, 0.15) is 33.1 Å². The van der Waals surface area contributed by atoms with E-state index in [-0.39, 0.29) is 24.4 Å². The second-order valence-electron chi connectivity index (χ2n) is 3.78. The Hall–Kier alpha value is -0.770. The summed E-state index contributed by atoms with van der Waals surface area (Å²) in [5.74, 6) is -1.46. The molecule has 0 aromatic heterocycles. The number of hydrogen-bond donors (Lipinski definition) is 1. The van der Waals surface area contributed by atoms with E-state index in [0.717, 1.165) is 0 Å². The first-order chi connectivity index (χ1) is 7.52. The minimum atomic E-state index is -0.830. The highest BCUT2D eigenvalue weighted by atomic mass is 35.5. The smallest absolute Gasteiger partial charge is 0.308 e. The zero-order valence-corrected chi connectivity index (χ0v) is 10.5. The van der Waals surface area contributed by atoms with Gasteiger partial charge in [-0.3, -0.25) is 9.59 Å². The fraction of sp³-hybridized carbons (Fsp3) is 0.818. The van der Waals surface area contributed by atoms with Gasteiger partial charge in [-0.2, -0.15) is 0 Å². The SMILES string of the molecule is CCC(CCC(C)C(=O)O)C(=O)OCCCl. The van der Waals surface area contributed by atoms with Gasteiger partial charge < -0.3 is 9.84 Å². The molecule has 0 saturated carbocycles. The van der Waals surface area contributed by atoms with Crippen molar-refractivity contribution in [1.29, 1.82) is 0 Å². The third-order valence-electron chi connectivity index (χ3n) is 2.52. The van der Waals surface area contributed by atoms with Crippen molar-refractivity contribution in [2.24, 2.45) is 11.8 Å². The molecule has 0 saturated heterocycles. The van der Waals surface area contributed by atoms with E-state index < -0.39 is 11.9 Å². The molecule has 4 nitrogen and oxygen atoms in total. The number of halogens is 1. The highest BCUT2D eigenvalue weighted by Crippen LogP contribution is 2.17. The summed E-state index contributed by atoms with van der Waals surface area (Å²) in [6, 6.07) is 0. The highest BCUT2D eigenvalue weighted by Gasteiger charge is 2.20. The molecule has 0 rings (SSSR count). The summed E-state index contributed by atoms with van der Waals surface area (Å²) in [6.07, 6.45) is 1.70. The Morgan fingerprint density at radius 2 is 2.00 bits per heavy atom. The Kier molecular flexibility index (Phi) is 7.99. The van der Waals surface area contributed by atoms with Crippen LogP contribution in [0.15, 0.2) is 0 Å². The van der Waals surface area contributed by atoms with Crippen LogP contribution in [0.2, 0.25) is 0 Å². The van der Waals surface area contributed by atoms with Gasteiger partial charge in [0, 0.05) is 0 Å². The molecule has 0 aromatic carbocycles. The predicted molar refractivity (Wildman–Crippen MR) is 61.5 cm³/mol. The summed E-state index contributed by atoms with van der Waals surface area (Å²) in [6.45, 7) is 3.74. The second kappa shape index (κ2) is 8.39. The van der Waals surface area contributed by atoms with Crippen LogP contribution in [-0.4, -0.2) is 29.5 Å². The number of carbonyl (C=O) groups is 2. The minimum Gasteiger partial charge on any atom is -0.481 e. The second-order valence-corrected chi connectivity index (χ2v) is 4.16. The molecule has 0 aliphatic heterocycles. The summed E-state index contributed by atoms with van der Waals surface area (Å²) in [5.41, 5.74) is 0. The molecule has 0 heterocycles. The minimum absolute atomic E-state index is 0.214. The summed E-state index contributed by atoms with van der Waals surface area (Å²) in [7, 11) is 0. The third kappa shape index (κ3) is 5.95. The van der Waals surface area contributed by atoms with E-state index in [1.165, 1.54) is 0 Å². The van der Waals surface area contributed by atoms with E-state index in [0.29, 0.717) is 19.3 Å². The van der Waals surface area contributed by atoms with Crippen molar-refractivity contribution < 1.29 is 19.4 Å². The topological polar surface area (TPSA) is 63.6 Å². The van der Waals surface area contributed by atoms with Crippen LogP contribution in [0.25, 0.3) is 0 Å². The monoisotopic (exact) mass is 250 g/mol. The lowest BCUT2D eigenvalue weighted by Crippen LogP contribution is -2.20. The molecule has 2 unspecified atom stereocenters. The summed E-state index contributed by atoms with van der Waals surface area (Å²) >= 11 is 5.41. The molecule has 1 N–H and O–H groups in total. The molecular weight excluding hydrogens is 232 g/mol. The lowest BCUT2D eigenvalue weighted by atomic mass is 9.95. The van der Waals surface area contributed by atoms with E-state index in [2.05, 4.69) is 0 Å². The van der Waals surface area contributed by atoms with Crippen molar-refractivity contribution in [3.05, 3.63) is 0 Å². The van der Waals surface area contributed by atoms with Gasteiger partial charge in [-0.15, -0.1) is 11.6 Å². The number of carbonyl (C=O) groups excluding carboxylic acids is 1. The van der Waals surface area contributed by atoms with Crippen molar-refractivity contribution in [3.63, 3.8) is 0 Å².